The number of rotatable bonds is 2. The molecule has 0 aromatic carbocycles. The van der Waals surface area contributed by atoms with Gasteiger partial charge in [-0.25, -0.2) is 4.79 Å². The first-order valence-electron chi connectivity index (χ1n) is 3.32. The molecule has 0 saturated carbocycles. The van der Waals surface area contributed by atoms with Crippen LogP contribution in [0.25, 0.3) is 0 Å². The van der Waals surface area contributed by atoms with E-state index in [-0.39, 0.29) is 0 Å². The molecule has 1 rings (SSSR count). The monoisotopic (exact) mass is 244 g/mol. The summed E-state index contributed by atoms with van der Waals surface area (Å²) in [5, 5.41) is 0. The number of halogens is 3. The maximum absolute atomic E-state index is 11.8. The molecule has 84 valence electrons. The van der Waals surface area contributed by atoms with Gasteiger partial charge in [-0.05, 0) is 12.1 Å². The van der Waals surface area contributed by atoms with Gasteiger partial charge in [0.25, 0.3) is 0 Å². The SMILES string of the molecule is O=c1occcc1OS(=O)(=O)C(F)(F)F. The summed E-state index contributed by atoms with van der Waals surface area (Å²) in [6.07, 6.45) is 0.870. The third kappa shape index (κ3) is 2.49. The van der Waals surface area contributed by atoms with Crippen molar-refractivity contribution in [2.75, 3.05) is 0 Å². The van der Waals surface area contributed by atoms with Crippen molar-refractivity contribution in [3.63, 3.8) is 0 Å². The van der Waals surface area contributed by atoms with Crippen LogP contribution in [0.15, 0.2) is 27.6 Å². The molecule has 0 fully saturated rings. The summed E-state index contributed by atoms with van der Waals surface area (Å²) in [7, 11) is -5.83. The van der Waals surface area contributed by atoms with Gasteiger partial charge in [0.1, 0.15) is 0 Å². The third-order valence-corrected chi connectivity index (χ3v) is 2.15. The van der Waals surface area contributed by atoms with Crippen molar-refractivity contribution in [1.82, 2.24) is 0 Å². The Bertz CT molecular complexity index is 500. The minimum absolute atomic E-state index is 0.745. The molecule has 0 aliphatic rings. The van der Waals surface area contributed by atoms with E-state index in [0.717, 1.165) is 18.4 Å². The molecule has 0 bridgehead atoms. The molecule has 0 N–H and O–H groups in total. The van der Waals surface area contributed by atoms with E-state index in [1.54, 1.807) is 0 Å². The molecule has 5 nitrogen and oxygen atoms in total. The molecule has 0 amide bonds. The predicted octanol–water partition coefficient (Wildman–Crippen LogP) is 0.868. The van der Waals surface area contributed by atoms with Gasteiger partial charge in [0.15, 0.2) is 0 Å². The minimum Gasteiger partial charge on any atom is -0.429 e. The molecule has 0 unspecified atom stereocenters. The summed E-state index contributed by atoms with van der Waals surface area (Å²) in [6.45, 7) is 0. The smallest absolute Gasteiger partial charge is 0.429 e. The van der Waals surface area contributed by atoms with Crippen LogP contribution in [0.5, 0.6) is 5.75 Å². The lowest BCUT2D eigenvalue weighted by Crippen LogP contribution is -2.29. The van der Waals surface area contributed by atoms with Crippen LogP contribution < -0.4 is 9.81 Å². The molecular weight excluding hydrogens is 241 g/mol. The highest BCUT2D eigenvalue weighted by Crippen LogP contribution is 2.25. The van der Waals surface area contributed by atoms with E-state index in [1.807, 2.05) is 0 Å². The quantitative estimate of drug-likeness (QED) is 0.570. The fourth-order valence-corrected chi connectivity index (χ4v) is 1.04. The van der Waals surface area contributed by atoms with E-state index in [9.17, 15) is 26.4 Å². The van der Waals surface area contributed by atoms with Gasteiger partial charge < -0.3 is 8.60 Å². The summed E-state index contributed by atoms with van der Waals surface area (Å²) in [6, 6.07) is 1.76. The topological polar surface area (TPSA) is 73.6 Å². The summed E-state index contributed by atoms with van der Waals surface area (Å²) in [5.74, 6) is -1.05. The predicted molar refractivity (Wildman–Crippen MR) is 40.6 cm³/mol. The Hall–Kier alpha value is -1.51. The lowest BCUT2D eigenvalue weighted by molar-refractivity contribution is -0.0500. The van der Waals surface area contributed by atoms with Gasteiger partial charge in [-0.1, -0.05) is 0 Å². The Morgan fingerprint density at radius 1 is 1.33 bits per heavy atom. The summed E-state index contributed by atoms with van der Waals surface area (Å²) >= 11 is 0. The largest absolute Gasteiger partial charge is 0.534 e. The van der Waals surface area contributed by atoms with Crippen molar-refractivity contribution in [2.24, 2.45) is 0 Å². The molecule has 0 saturated heterocycles. The fraction of sp³-hybridized carbons (Fsp3) is 0.167. The average Bonchev–Trinajstić information content (AvgIpc) is 2.06. The second-order valence-corrected chi connectivity index (χ2v) is 3.79. The lowest BCUT2D eigenvalue weighted by Gasteiger charge is -2.07. The van der Waals surface area contributed by atoms with Crippen LogP contribution in [0.1, 0.15) is 0 Å². The molecule has 0 radical (unpaired) electrons. The highest BCUT2D eigenvalue weighted by molar-refractivity contribution is 7.87. The molecule has 0 atom stereocenters. The van der Waals surface area contributed by atoms with Gasteiger partial charge >= 0.3 is 21.3 Å². The van der Waals surface area contributed by atoms with Gasteiger partial charge in [0.05, 0.1) is 6.26 Å². The van der Waals surface area contributed by atoms with Crippen molar-refractivity contribution in [3.05, 3.63) is 28.8 Å². The third-order valence-electron chi connectivity index (χ3n) is 1.19. The Morgan fingerprint density at radius 2 is 1.93 bits per heavy atom. The van der Waals surface area contributed by atoms with Crippen LogP contribution in [0.3, 0.4) is 0 Å². The lowest BCUT2D eigenvalue weighted by atomic mass is 10.5. The molecule has 0 aliphatic carbocycles. The highest BCUT2D eigenvalue weighted by Gasteiger charge is 2.49. The Labute approximate surface area is 81.2 Å². The molecule has 1 aromatic heterocycles. The van der Waals surface area contributed by atoms with Crippen LogP contribution in [0.2, 0.25) is 0 Å². The summed E-state index contributed by atoms with van der Waals surface area (Å²) in [5.41, 5.74) is -6.90. The van der Waals surface area contributed by atoms with E-state index in [0.29, 0.717) is 0 Å². The zero-order valence-electron chi connectivity index (χ0n) is 6.82. The molecule has 0 aliphatic heterocycles. The first-order chi connectivity index (χ1) is 6.74. The highest BCUT2D eigenvalue weighted by atomic mass is 32.2. The standard InChI is InChI=1S/C6H3F3O5S/c7-6(8,9)15(11,12)14-4-2-1-3-13-5(4)10/h1-3H. The van der Waals surface area contributed by atoms with E-state index in [1.165, 1.54) is 0 Å². The molecule has 9 heteroatoms. The van der Waals surface area contributed by atoms with Crippen LogP contribution >= 0.6 is 0 Å². The van der Waals surface area contributed by atoms with Crippen molar-refractivity contribution in [2.45, 2.75) is 5.51 Å². The molecule has 1 aromatic rings. The van der Waals surface area contributed by atoms with Gasteiger partial charge in [-0.3, -0.25) is 0 Å². The first-order valence-corrected chi connectivity index (χ1v) is 4.73. The van der Waals surface area contributed by atoms with Gasteiger partial charge in [0, 0.05) is 0 Å². The van der Waals surface area contributed by atoms with Crippen LogP contribution in [-0.2, 0) is 10.1 Å². The normalized spacial score (nSPS) is 12.5. The van der Waals surface area contributed by atoms with E-state index in [2.05, 4.69) is 8.60 Å². The molecule has 15 heavy (non-hydrogen) atoms. The molecule has 0 spiro atoms. The number of hydrogen-bond donors (Lipinski definition) is 0. The minimum atomic E-state index is -5.83. The fourth-order valence-electron chi connectivity index (χ4n) is 0.581. The zero-order chi connectivity index (χ0) is 11.7. The maximum atomic E-state index is 11.8. The van der Waals surface area contributed by atoms with Gasteiger partial charge in [0.2, 0.25) is 5.75 Å². The van der Waals surface area contributed by atoms with Crippen molar-refractivity contribution >= 4 is 10.1 Å². The van der Waals surface area contributed by atoms with Gasteiger partial charge in [-0.2, -0.15) is 21.6 Å². The second-order valence-electron chi connectivity index (χ2n) is 2.25. The Kier molecular flexibility index (Phi) is 2.75. The van der Waals surface area contributed by atoms with Crippen LogP contribution in [0, 0.1) is 0 Å². The average molecular weight is 244 g/mol. The Morgan fingerprint density at radius 3 is 2.40 bits per heavy atom. The molecular formula is C6H3F3O5S. The van der Waals surface area contributed by atoms with Crippen molar-refractivity contribution < 1.29 is 30.2 Å². The van der Waals surface area contributed by atoms with E-state index < -0.39 is 27.0 Å². The molecule has 1 heterocycles. The van der Waals surface area contributed by atoms with Crippen molar-refractivity contribution in [3.8, 4) is 5.75 Å². The van der Waals surface area contributed by atoms with Crippen molar-refractivity contribution in [1.29, 1.82) is 0 Å². The first kappa shape index (κ1) is 11.6. The summed E-state index contributed by atoms with van der Waals surface area (Å²) < 4.78 is 63.9. The van der Waals surface area contributed by atoms with Gasteiger partial charge in [-0.15, -0.1) is 0 Å². The zero-order valence-corrected chi connectivity index (χ0v) is 7.63. The van der Waals surface area contributed by atoms with E-state index in [4.69, 9.17) is 0 Å². The Balaban J connectivity index is 3.09. The number of alkyl halides is 3. The summed E-state index contributed by atoms with van der Waals surface area (Å²) in [4.78, 5) is 10.7. The number of hydrogen-bond acceptors (Lipinski definition) is 5. The van der Waals surface area contributed by atoms with E-state index >= 15 is 0 Å². The van der Waals surface area contributed by atoms with Crippen LogP contribution in [0.4, 0.5) is 13.2 Å². The van der Waals surface area contributed by atoms with Crippen LogP contribution in [-0.4, -0.2) is 13.9 Å². The second kappa shape index (κ2) is 3.57. The maximum Gasteiger partial charge on any atom is 0.534 e.